The van der Waals surface area contributed by atoms with Crippen LogP contribution in [0, 0.1) is 5.92 Å². The van der Waals surface area contributed by atoms with Crippen LogP contribution in [0.4, 0.5) is 0 Å². The first-order valence-corrected chi connectivity index (χ1v) is 6.63. The van der Waals surface area contributed by atoms with Crippen molar-refractivity contribution >= 4 is 6.21 Å². The highest BCUT2D eigenvalue weighted by atomic mass is 14.8. The van der Waals surface area contributed by atoms with Crippen LogP contribution >= 0.6 is 0 Å². The summed E-state index contributed by atoms with van der Waals surface area (Å²) in [5.74, 6) is 0.755. The minimum atomic E-state index is 0.755. The summed E-state index contributed by atoms with van der Waals surface area (Å²) in [5, 5.41) is 3.31. The zero-order valence-electron chi connectivity index (χ0n) is 11.1. The lowest BCUT2D eigenvalue weighted by Crippen LogP contribution is -2.19. The topological polar surface area (TPSA) is 24.4 Å². The van der Waals surface area contributed by atoms with Crippen molar-refractivity contribution in [3.8, 4) is 0 Å². The monoisotopic (exact) mass is 222 g/mol. The van der Waals surface area contributed by atoms with E-state index in [0.29, 0.717) is 0 Å². The van der Waals surface area contributed by atoms with E-state index in [4.69, 9.17) is 0 Å². The molecule has 1 aliphatic rings. The van der Waals surface area contributed by atoms with Crippen molar-refractivity contribution < 1.29 is 0 Å². The van der Waals surface area contributed by atoms with Gasteiger partial charge in [0.1, 0.15) is 0 Å². The molecule has 1 N–H and O–H groups in total. The first-order chi connectivity index (χ1) is 7.77. The molecule has 0 amide bonds. The molecule has 0 aromatic carbocycles. The van der Waals surface area contributed by atoms with Crippen molar-refractivity contribution in [2.24, 2.45) is 10.9 Å². The molecule has 0 radical (unpaired) electrons. The molecule has 0 aromatic rings. The van der Waals surface area contributed by atoms with E-state index in [1.165, 1.54) is 37.0 Å². The molecule has 0 saturated heterocycles. The Hall–Kier alpha value is -0.630. The molecule has 1 atom stereocenters. The lowest BCUT2D eigenvalue weighted by molar-refractivity contribution is 0.439. The van der Waals surface area contributed by atoms with Gasteiger partial charge >= 0.3 is 0 Å². The molecule has 1 heterocycles. The van der Waals surface area contributed by atoms with Gasteiger partial charge in [-0.15, -0.1) is 0 Å². The normalized spacial score (nSPS) is 17.9. The quantitative estimate of drug-likeness (QED) is 0.700. The first-order valence-electron chi connectivity index (χ1n) is 6.63. The standard InChI is InChI=1S/C14H26N2/c1-4-5-8-13(11-15-3)10-14-12(2)7-6-9-16-14/h9,13,15H,4-8,10-11H2,1-3H3. The highest BCUT2D eigenvalue weighted by molar-refractivity contribution is 5.61. The van der Waals surface area contributed by atoms with Crippen LogP contribution in [0.15, 0.2) is 16.3 Å². The molecule has 16 heavy (non-hydrogen) atoms. The van der Waals surface area contributed by atoms with Crippen LogP contribution < -0.4 is 5.32 Å². The summed E-state index contributed by atoms with van der Waals surface area (Å²) < 4.78 is 0. The van der Waals surface area contributed by atoms with Crippen molar-refractivity contribution in [2.45, 2.75) is 52.4 Å². The molecule has 1 unspecified atom stereocenters. The zero-order valence-corrected chi connectivity index (χ0v) is 11.1. The van der Waals surface area contributed by atoms with Crippen LogP contribution in [0.5, 0.6) is 0 Å². The third kappa shape index (κ3) is 4.48. The van der Waals surface area contributed by atoms with E-state index >= 15 is 0 Å². The van der Waals surface area contributed by atoms with E-state index in [-0.39, 0.29) is 0 Å². The Bertz CT molecular complexity index is 253. The minimum Gasteiger partial charge on any atom is -0.319 e. The summed E-state index contributed by atoms with van der Waals surface area (Å²) in [6, 6.07) is 0. The molecule has 1 rings (SSSR count). The van der Waals surface area contributed by atoms with E-state index in [0.717, 1.165) is 25.3 Å². The summed E-state index contributed by atoms with van der Waals surface area (Å²) in [5.41, 5.74) is 2.85. The second-order valence-corrected chi connectivity index (χ2v) is 4.85. The van der Waals surface area contributed by atoms with Gasteiger partial charge in [0.25, 0.3) is 0 Å². The Morgan fingerprint density at radius 2 is 2.31 bits per heavy atom. The van der Waals surface area contributed by atoms with Gasteiger partial charge in [0.15, 0.2) is 0 Å². The highest BCUT2D eigenvalue weighted by Gasteiger charge is 2.13. The summed E-state index contributed by atoms with van der Waals surface area (Å²) in [6.45, 7) is 5.62. The van der Waals surface area contributed by atoms with Gasteiger partial charge in [-0.2, -0.15) is 0 Å². The largest absolute Gasteiger partial charge is 0.319 e. The smallest absolute Gasteiger partial charge is 0.0392 e. The van der Waals surface area contributed by atoms with Crippen LogP contribution in [-0.4, -0.2) is 19.8 Å². The van der Waals surface area contributed by atoms with E-state index in [2.05, 4.69) is 30.4 Å². The molecular weight excluding hydrogens is 196 g/mol. The van der Waals surface area contributed by atoms with Crippen molar-refractivity contribution in [1.82, 2.24) is 5.32 Å². The van der Waals surface area contributed by atoms with Crippen molar-refractivity contribution in [1.29, 1.82) is 0 Å². The Morgan fingerprint density at radius 1 is 1.50 bits per heavy atom. The fraction of sp³-hybridized carbons (Fsp3) is 0.786. The average Bonchev–Trinajstić information content (AvgIpc) is 2.29. The van der Waals surface area contributed by atoms with Crippen molar-refractivity contribution in [3.05, 3.63) is 11.3 Å². The molecule has 92 valence electrons. The second kappa shape index (κ2) is 7.61. The maximum atomic E-state index is 4.57. The van der Waals surface area contributed by atoms with Gasteiger partial charge in [0.2, 0.25) is 0 Å². The molecule has 2 heteroatoms. The second-order valence-electron chi connectivity index (χ2n) is 4.85. The van der Waals surface area contributed by atoms with Gasteiger partial charge < -0.3 is 5.32 Å². The number of hydrogen-bond acceptors (Lipinski definition) is 2. The lowest BCUT2D eigenvalue weighted by Gasteiger charge is -2.19. The maximum Gasteiger partial charge on any atom is 0.0392 e. The molecule has 0 aromatic heterocycles. The van der Waals surface area contributed by atoms with E-state index in [1.807, 2.05) is 7.05 Å². The highest BCUT2D eigenvalue weighted by Crippen LogP contribution is 2.24. The van der Waals surface area contributed by atoms with Crippen LogP contribution in [0.2, 0.25) is 0 Å². The molecule has 0 aliphatic carbocycles. The predicted molar refractivity (Wildman–Crippen MR) is 72.0 cm³/mol. The third-order valence-electron chi connectivity index (χ3n) is 3.33. The van der Waals surface area contributed by atoms with Gasteiger partial charge in [-0.25, -0.2) is 0 Å². The van der Waals surface area contributed by atoms with Gasteiger partial charge in [0, 0.05) is 11.9 Å². The molecule has 0 fully saturated rings. The van der Waals surface area contributed by atoms with Gasteiger partial charge in [-0.1, -0.05) is 25.3 Å². The molecule has 0 spiro atoms. The van der Waals surface area contributed by atoms with Gasteiger partial charge in [0.05, 0.1) is 0 Å². The van der Waals surface area contributed by atoms with Crippen LogP contribution in [0.25, 0.3) is 0 Å². The van der Waals surface area contributed by atoms with Gasteiger partial charge in [-0.05, 0) is 52.1 Å². The van der Waals surface area contributed by atoms with E-state index in [9.17, 15) is 0 Å². The lowest BCUT2D eigenvalue weighted by atomic mass is 9.93. The van der Waals surface area contributed by atoms with E-state index in [1.54, 1.807) is 0 Å². The summed E-state index contributed by atoms with van der Waals surface area (Å²) in [6.07, 6.45) is 9.52. The third-order valence-corrected chi connectivity index (χ3v) is 3.33. The van der Waals surface area contributed by atoms with Gasteiger partial charge in [-0.3, -0.25) is 4.99 Å². The molecular formula is C14H26N2. The minimum absolute atomic E-state index is 0.755. The molecule has 1 aliphatic heterocycles. The Morgan fingerprint density at radius 3 is 2.94 bits per heavy atom. The molecule has 2 nitrogen and oxygen atoms in total. The number of allylic oxidation sites excluding steroid dienone is 2. The van der Waals surface area contributed by atoms with Crippen molar-refractivity contribution in [2.75, 3.05) is 13.6 Å². The summed E-state index contributed by atoms with van der Waals surface area (Å²) >= 11 is 0. The SMILES string of the molecule is CCCCC(CNC)CC1=C(C)CCC=N1. The zero-order chi connectivity index (χ0) is 11.8. The predicted octanol–water partition coefficient (Wildman–Crippen LogP) is 3.54. The fourth-order valence-corrected chi connectivity index (χ4v) is 2.27. The summed E-state index contributed by atoms with van der Waals surface area (Å²) in [7, 11) is 2.05. The Labute approximate surface area is 100 Å². The fourth-order valence-electron chi connectivity index (χ4n) is 2.27. The number of aliphatic imine (C=N–C) groups is 1. The van der Waals surface area contributed by atoms with E-state index < -0.39 is 0 Å². The van der Waals surface area contributed by atoms with Crippen LogP contribution in [-0.2, 0) is 0 Å². The maximum absolute atomic E-state index is 4.57. The average molecular weight is 222 g/mol. The number of nitrogens with one attached hydrogen (secondary N) is 1. The Balaban J connectivity index is 2.49. The number of hydrogen-bond donors (Lipinski definition) is 1. The number of nitrogens with zero attached hydrogens (tertiary/aromatic N) is 1. The molecule has 0 bridgehead atoms. The summed E-state index contributed by atoms with van der Waals surface area (Å²) in [4.78, 5) is 4.57. The Kier molecular flexibility index (Phi) is 6.39. The van der Waals surface area contributed by atoms with Crippen molar-refractivity contribution in [3.63, 3.8) is 0 Å². The first kappa shape index (κ1) is 13.4. The molecule has 0 saturated carbocycles. The number of rotatable bonds is 7. The van der Waals surface area contributed by atoms with Crippen LogP contribution in [0.1, 0.15) is 52.4 Å². The number of unbranched alkanes of at least 4 members (excludes halogenated alkanes) is 1. The van der Waals surface area contributed by atoms with Crippen LogP contribution in [0.3, 0.4) is 0 Å².